The lowest BCUT2D eigenvalue weighted by atomic mass is 9.70. The lowest BCUT2D eigenvalue weighted by Crippen LogP contribution is -2.36. The highest BCUT2D eigenvalue weighted by molar-refractivity contribution is 5.74. The van der Waals surface area contributed by atoms with Gasteiger partial charge in [-0.3, -0.25) is 4.79 Å². The first-order valence-electron chi connectivity index (χ1n) is 4.86. The summed E-state index contributed by atoms with van der Waals surface area (Å²) in [5.74, 6) is -0.512. The van der Waals surface area contributed by atoms with E-state index in [9.17, 15) is 9.90 Å². The summed E-state index contributed by atoms with van der Waals surface area (Å²) >= 11 is 0. The maximum Gasteiger partial charge on any atom is 0.309 e. The van der Waals surface area contributed by atoms with Gasteiger partial charge in [-0.15, -0.1) is 0 Å². The van der Waals surface area contributed by atoms with Gasteiger partial charge in [0.05, 0.1) is 11.5 Å². The van der Waals surface area contributed by atoms with Crippen molar-refractivity contribution >= 4 is 5.97 Å². The fourth-order valence-electron chi connectivity index (χ4n) is 1.97. The molecule has 0 heterocycles. The van der Waals surface area contributed by atoms with E-state index >= 15 is 0 Å². The van der Waals surface area contributed by atoms with Gasteiger partial charge in [-0.1, -0.05) is 0 Å². The summed E-state index contributed by atoms with van der Waals surface area (Å²) < 4.78 is 0. The number of hydrogen-bond donors (Lipinski definition) is 2. The molecule has 0 spiro atoms. The SMILES string of the molecule is CC(C)(C(=O)O)[C@H]1CC[C@@H](O)CC1. The Kier molecular flexibility index (Phi) is 2.96. The summed E-state index contributed by atoms with van der Waals surface area (Å²) in [5.41, 5.74) is -0.639. The minimum Gasteiger partial charge on any atom is -0.481 e. The van der Waals surface area contributed by atoms with Crippen LogP contribution in [0.4, 0.5) is 0 Å². The Morgan fingerprint density at radius 2 is 1.69 bits per heavy atom. The molecular formula is C10H18O3. The number of hydrogen-bond acceptors (Lipinski definition) is 2. The first-order chi connectivity index (χ1) is 5.94. The minimum absolute atomic E-state index is 0.208. The highest BCUT2D eigenvalue weighted by atomic mass is 16.4. The van der Waals surface area contributed by atoms with Crippen LogP contribution < -0.4 is 0 Å². The lowest BCUT2D eigenvalue weighted by Gasteiger charge is -2.34. The van der Waals surface area contributed by atoms with Crippen LogP contribution >= 0.6 is 0 Å². The number of carbonyl (C=O) groups is 1. The summed E-state index contributed by atoms with van der Waals surface area (Å²) in [4.78, 5) is 10.9. The van der Waals surface area contributed by atoms with E-state index in [2.05, 4.69) is 0 Å². The van der Waals surface area contributed by atoms with Gasteiger partial charge in [0.15, 0.2) is 0 Å². The lowest BCUT2D eigenvalue weighted by molar-refractivity contribution is -0.151. The molecule has 1 aliphatic carbocycles. The zero-order valence-corrected chi connectivity index (χ0v) is 8.29. The highest BCUT2D eigenvalue weighted by Gasteiger charge is 2.38. The topological polar surface area (TPSA) is 57.5 Å². The van der Waals surface area contributed by atoms with Crippen LogP contribution in [-0.4, -0.2) is 22.3 Å². The van der Waals surface area contributed by atoms with Crippen LogP contribution in [0.3, 0.4) is 0 Å². The van der Waals surface area contributed by atoms with Crippen LogP contribution in [0.2, 0.25) is 0 Å². The Morgan fingerprint density at radius 1 is 1.23 bits per heavy atom. The molecule has 3 nitrogen and oxygen atoms in total. The minimum atomic E-state index is -0.728. The molecule has 0 aromatic rings. The van der Waals surface area contributed by atoms with Gasteiger partial charge in [0.2, 0.25) is 0 Å². The number of aliphatic hydroxyl groups is 1. The number of aliphatic carboxylic acids is 1. The quantitative estimate of drug-likeness (QED) is 0.689. The second kappa shape index (κ2) is 3.66. The zero-order chi connectivity index (χ0) is 10.1. The van der Waals surface area contributed by atoms with E-state index < -0.39 is 11.4 Å². The summed E-state index contributed by atoms with van der Waals surface area (Å²) in [5, 5.41) is 18.3. The van der Waals surface area contributed by atoms with Crippen molar-refractivity contribution in [2.75, 3.05) is 0 Å². The molecule has 1 saturated carbocycles. The van der Waals surface area contributed by atoms with E-state index in [1.165, 1.54) is 0 Å². The highest BCUT2D eigenvalue weighted by Crippen LogP contribution is 2.38. The second-order valence-corrected chi connectivity index (χ2v) is 4.53. The molecule has 3 heteroatoms. The predicted octanol–water partition coefficient (Wildman–Crippen LogP) is 1.65. The van der Waals surface area contributed by atoms with Crippen molar-refractivity contribution in [3.8, 4) is 0 Å². The fourth-order valence-corrected chi connectivity index (χ4v) is 1.97. The molecule has 13 heavy (non-hydrogen) atoms. The monoisotopic (exact) mass is 186 g/mol. The third-order valence-corrected chi connectivity index (χ3v) is 3.27. The van der Waals surface area contributed by atoms with Gasteiger partial charge in [0.25, 0.3) is 0 Å². The Hall–Kier alpha value is -0.570. The van der Waals surface area contributed by atoms with Crippen molar-refractivity contribution < 1.29 is 15.0 Å². The molecule has 2 N–H and O–H groups in total. The molecule has 0 atom stereocenters. The van der Waals surface area contributed by atoms with Gasteiger partial charge in [-0.05, 0) is 45.4 Å². The fraction of sp³-hybridized carbons (Fsp3) is 0.900. The van der Waals surface area contributed by atoms with Gasteiger partial charge < -0.3 is 10.2 Å². The van der Waals surface area contributed by atoms with Gasteiger partial charge >= 0.3 is 5.97 Å². The Bertz CT molecular complexity index is 190. The number of carboxylic acids is 1. The number of rotatable bonds is 2. The molecule has 0 radical (unpaired) electrons. The third-order valence-electron chi connectivity index (χ3n) is 3.27. The van der Waals surface area contributed by atoms with E-state index in [1.54, 1.807) is 13.8 Å². The summed E-state index contributed by atoms with van der Waals surface area (Å²) in [7, 11) is 0. The van der Waals surface area contributed by atoms with E-state index in [4.69, 9.17) is 5.11 Å². The summed E-state index contributed by atoms with van der Waals surface area (Å²) in [6, 6.07) is 0. The van der Waals surface area contributed by atoms with Crippen LogP contribution in [-0.2, 0) is 4.79 Å². The van der Waals surface area contributed by atoms with Crippen molar-refractivity contribution in [3.63, 3.8) is 0 Å². The second-order valence-electron chi connectivity index (χ2n) is 4.53. The molecule has 0 saturated heterocycles. The molecule has 1 fully saturated rings. The largest absolute Gasteiger partial charge is 0.481 e. The van der Waals surface area contributed by atoms with Gasteiger partial charge in [-0.2, -0.15) is 0 Å². The molecule has 76 valence electrons. The van der Waals surface area contributed by atoms with E-state index in [0.29, 0.717) is 0 Å². The van der Waals surface area contributed by atoms with Crippen LogP contribution in [0.1, 0.15) is 39.5 Å². The van der Waals surface area contributed by atoms with Crippen molar-refractivity contribution in [2.45, 2.75) is 45.6 Å². The van der Waals surface area contributed by atoms with Crippen LogP contribution in [0.15, 0.2) is 0 Å². The maximum atomic E-state index is 10.9. The van der Waals surface area contributed by atoms with Crippen molar-refractivity contribution in [1.82, 2.24) is 0 Å². The Balaban J connectivity index is 2.58. The molecule has 0 amide bonds. The van der Waals surface area contributed by atoms with E-state index in [0.717, 1.165) is 25.7 Å². The maximum absolute atomic E-state index is 10.9. The van der Waals surface area contributed by atoms with Gasteiger partial charge in [-0.25, -0.2) is 0 Å². The zero-order valence-electron chi connectivity index (χ0n) is 8.29. The van der Waals surface area contributed by atoms with Crippen molar-refractivity contribution in [3.05, 3.63) is 0 Å². The molecule has 0 aromatic carbocycles. The smallest absolute Gasteiger partial charge is 0.309 e. The molecule has 1 rings (SSSR count). The van der Waals surface area contributed by atoms with Gasteiger partial charge in [0.1, 0.15) is 0 Å². The molecule has 0 unspecified atom stereocenters. The first kappa shape index (κ1) is 10.5. The molecule has 1 aliphatic rings. The molecular weight excluding hydrogens is 168 g/mol. The van der Waals surface area contributed by atoms with Crippen molar-refractivity contribution in [1.29, 1.82) is 0 Å². The Morgan fingerprint density at radius 3 is 2.08 bits per heavy atom. The predicted molar refractivity (Wildman–Crippen MR) is 49.4 cm³/mol. The average Bonchev–Trinajstić information content (AvgIpc) is 2.04. The number of carboxylic acid groups (broad SMARTS) is 1. The average molecular weight is 186 g/mol. The van der Waals surface area contributed by atoms with Crippen LogP contribution in [0.5, 0.6) is 0 Å². The summed E-state index contributed by atoms with van der Waals surface area (Å²) in [6.07, 6.45) is 2.96. The normalized spacial score (nSPS) is 30.1. The summed E-state index contributed by atoms with van der Waals surface area (Å²) in [6.45, 7) is 3.55. The van der Waals surface area contributed by atoms with Gasteiger partial charge in [0, 0.05) is 0 Å². The van der Waals surface area contributed by atoms with Crippen LogP contribution in [0.25, 0.3) is 0 Å². The molecule has 0 aromatic heterocycles. The third kappa shape index (κ3) is 2.21. The molecule has 0 aliphatic heterocycles. The Labute approximate surface area is 78.8 Å². The van der Waals surface area contributed by atoms with E-state index in [1.807, 2.05) is 0 Å². The standard InChI is InChI=1S/C10H18O3/c1-10(2,9(12)13)7-3-5-8(11)6-4-7/h7-8,11H,3-6H2,1-2H3,(H,12,13)/t7-,8+. The van der Waals surface area contributed by atoms with Crippen molar-refractivity contribution in [2.24, 2.45) is 11.3 Å². The molecule has 0 bridgehead atoms. The van der Waals surface area contributed by atoms with Crippen LogP contribution in [0, 0.1) is 11.3 Å². The number of aliphatic hydroxyl groups excluding tert-OH is 1. The van der Waals surface area contributed by atoms with E-state index in [-0.39, 0.29) is 12.0 Å². The first-order valence-corrected chi connectivity index (χ1v) is 4.86.